The van der Waals surface area contributed by atoms with Crippen molar-refractivity contribution in [2.45, 2.75) is 84.2 Å². The molecule has 17 nitrogen and oxygen atoms in total. The Balaban J connectivity index is 0.646. The highest BCUT2D eigenvalue weighted by atomic mass is 32.2. The number of carbonyl (C=O) groups excluding carboxylic acids is 3. The van der Waals surface area contributed by atoms with Gasteiger partial charge in [0.15, 0.2) is 5.82 Å². The number of alkyl halides is 1. The quantitative estimate of drug-likeness (QED) is 0.0505. The number of hydrazine groups is 1. The summed E-state index contributed by atoms with van der Waals surface area (Å²) >= 11 is 3.19. The molecule has 7 aromatic rings. The molecule has 0 unspecified atom stereocenters. The van der Waals surface area contributed by atoms with Crippen molar-refractivity contribution in [2.75, 3.05) is 81.3 Å². The highest BCUT2D eigenvalue weighted by Crippen LogP contribution is 2.39. The molecule has 0 saturated carbocycles. The zero-order valence-electron chi connectivity index (χ0n) is 46.8. The summed E-state index contributed by atoms with van der Waals surface area (Å²) in [7, 11) is -3.49. The molecule has 4 aliphatic rings. The van der Waals surface area contributed by atoms with Crippen LogP contribution >= 0.6 is 22.7 Å². The lowest BCUT2D eigenvalue weighted by atomic mass is 9.85. The number of nitrogens with one attached hydrogen (secondary N) is 2. The van der Waals surface area contributed by atoms with Gasteiger partial charge in [0.25, 0.3) is 0 Å². The van der Waals surface area contributed by atoms with E-state index in [0.29, 0.717) is 39.8 Å². The zero-order chi connectivity index (χ0) is 58.3. The molecule has 4 fully saturated rings. The van der Waals surface area contributed by atoms with Gasteiger partial charge in [0.05, 0.1) is 46.9 Å². The van der Waals surface area contributed by atoms with E-state index in [-0.39, 0.29) is 56.0 Å². The molecular weight excluding hydrogens is 1120 g/mol. The Kier molecular flexibility index (Phi) is 17.2. The van der Waals surface area contributed by atoms with Gasteiger partial charge in [-0.2, -0.15) is 4.41 Å². The van der Waals surface area contributed by atoms with Crippen LogP contribution in [0.1, 0.15) is 89.6 Å². The number of anilines is 2. The molecule has 0 spiro atoms. The molecule has 8 heterocycles. The number of H-pyrrole nitrogens is 1. The Labute approximate surface area is 490 Å². The number of likely N-dealkylation sites (tertiary alicyclic amines) is 1. The number of benzene rings is 3. The van der Waals surface area contributed by atoms with E-state index >= 15 is 8.78 Å². The van der Waals surface area contributed by atoms with Crippen LogP contribution in [0.2, 0.25) is 0 Å². The number of halogens is 3. The Morgan fingerprint density at radius 1 is 0.867 bits per heavy atom. The molecule has 3 N–H and O–H groups in total. The van der Waals surface area contributed by atoms with Crippen molar-refractivity contribution in [2.24, 2.45) is 11.3 Å². The maximum atomic E-state index is 16.1. The van der Waals surface area contributed by atoms with Gasteiger partial charge in [-0.05, 0) is 84.5 Å². The molecule has 0 radical (unpaired) electrons. The number of aliphatic hydroxyl groups excluding tert-OH is 1. The summed E-state index contributed by atoms with van der Waals surface area (Å²) in [4.78, 5) is 69.7. The fourth-order valence-electron chi connectivity index (χ4n) is 12.0. The Bertz CT molecular complexity index is 3560. The van der Waals surface area contributed by atoms with E-state index in [9.17, 15) is 32.3 Å². The summed E-state index contributed by atoms with van der Waals surface area (Å²) < 4.78 is 70.6. The first-order valence-electron chi connectivity index (χ1n) is 28.2. The smallest absolute Gasteiger partial charge is 0.246 e. The second kappa shape index (κ2) is 24.5. The van der Waals surface area contributed by atoms with Gasteiger partial charge in [-0.25, -0.2) is 41.5 Å². The number of ketones is 1. The Morgan fingerprint density at radius 3 is 2.27 bits per heavy atom. The predicted octanol–water partition coefficient (Wildman–Crippen LogP) is 8.21. The number of thiazole rings is 2. The number of β-amino-alcohol motifs (C(OH)–C–C–N with tert-alkyl or cyclic N) is 1. The minimum atomic E-state index is -3.49. The lowest BCUT2D eigenvalue weighted by molar-refractivity contribution is -0.141. The number of hydrogen-bond donors (Lipinski definition) is 4. The van der Waals surface area contributed by atoms with E-state index < -0.39 is 63.3 Å². The number of piperidine rings is 1. The van der Waals surface area contributed by atoms with Crippen molar-refractivity contribution in [1.29, 1.82) is 0 Å². The third-order valence-corrected chi connectivity index (χ3v) is 19.4. The van der Waals surface area contributed by atoms with Crippen molar-refractivity contribution in [3.63, 3.8) is 0 Å². The number of rotatable bonds is 17. The summed E-state index contributed by atoms with van der Waals surface area (Å²) in [6, 6.07) is 18.8. The molecule has 2 amide bonds. The number of aliphatic hydroxyl groups is 1. The molecule has 4 aliphatic heterocycles. The monoisotopic (exact) mass is 1190 g/mol. The lowest BCUT2D eigenvalue weighted by Crippen LogP contribution is -2.57. The van der Waals surface area contributed by atoms with E-state index in [1.165, 1.54) is 6.20 Å². The maximum absolute atomic E-state index is 16.1. The van der Waals surface area contributed by atoms with E-state index in [4.69, 9.17) is 4.98 Å². The number of carbonyl (C=O) groups is 3. The van der Waals surface area contributed by atoms with Crippen molar-refractivity contribution in [3.8, 4) is 21.6 Å². The number of aromatic amines is 1. The van der Waals surface area contributed by atoms with Crippen LogP contribution < -0.4 is 14.6 Å². The SMILES string of the molecule is Cc1ncsc1-c1ccc(Cc2cnc([C@@H]3C[C@@H](O)CN3C(=O)[C@@H](NC(=O)CN3CCN(CC4CCN(c5ccc(-c6cnc7[nH]cc(C(=O)c8c(F)ccc(N(N9CC[C@@H](F)C9)[SH](=O)=O)c8F)c7c6)cc5)CC4)CC3)C(C)(C)C)s2)cc1. The first-order valence-corrected chi connectivity index (χ1v) is 31.0. The molecule has 4 aromatic heterocycles. The molecular formula is C60H68F3N11O6S3. The number of thiol groups is 1. The Morgan fingerprint density at radius 2 is 1.59 bits per heavy atom. The number of aryl methyl sites for hydroxylation is 1. The molecule has 3 aromatic carbocycles. The van der Waals surface area contributed by atoms with E-state index in [0.717, 1.165) is 119 Å². The number of pyridine rings is 1. The topological polar surface area (TPSA) is 192 Å². The molecule has 11 rings (SSSR count). The second-order valence-electron chi connectivity index (χ2n) is 23.4. The number of aromatic nitrogens is 4. The largest absolute Gasteiger partial charge is 0.391 e. The first-order chi connectivity index (χ1) is 39.8. The van der Waals surface area contributed by atoms with Gasteiger partial charge in [-0.3, -0.25) is 19.3 Å². The minimum absolute atomic E-state index is 0.000169. The van der Waals surface area contributed by atoms with Crippen LogP contribution in [-0.4, -0.2) is 161 Å². The first kappa shape index (κ1) is 58.2. The Hall–Kier alpha value is -6.60. The van der Waals surface area contributed by atoms with Gasteiger partial charge in [-0.15, -0.1) is 22.7 Å². The van der Waals surface area contributed by atoms with Gasteiger partial charge in [0.1, 0.15) is 34.4 Å². The van der Waals surface area contributed by atoms with Crippen LogP contribution in [0.3, 0.4) is 0 Å². The lowest BCUT2D eigenvalue weighted by Gasteiger charge is -2.39. The highest BCUT2D eigenvalue weighted by Gasteiger charge is 2.44. The predicted molar refractivity (Wildman–Crippen MR) is 317 cm³/mol. The molecule has 4 atom stereocenters. The fourth-order valence-corrected chi connectivity index (χ4v) is 14.6. The molecule has 438 valence electrons. The van der Waals surface area contributed by atoms with Crippen LogP contribution in [-0.2, 0) is 26.9 Å². The van der Waals surface area contributed by atoms with E-state index in [1.54, 1.807) is 39.8 Å². The van der Waals surface area contributed by atoms with Crippen LogP contribution in [0.5, 0.6) is 0 Å². The molecule has 0 aliphatic carbocycles. The second-order valence-corrected chi connectivity index (χ2v) is 26.2. The number of nitrogens with zero attached hydrogens (tertiary/aromatic N) is 9. The van der Waals surface area contributed by atoms with Gasteiger partial charge in [0.2, 0.25) is 28.5 Å². The molecule has 83 heavy (non-hydrogen) atoms. The van der Waals surface area contributed by atoms with Crippen LogP contribution in [0.15, 0.2) is 90.8 Å². The summed E-state index contributed by atoms with van der Waals surface area (Å²) in [5.41, 5.74) is 5.91. The molecule has 4 saturated heterocycles. The average molecular weight is 1190 g/mol. The minimum Gasteiger partial charge on any atom is -0.391 e. The van der Waals surface area contributed by atoms with Gasteiger partial charge < -0.3 is 30.1 Å². The zero-order valence-corrected chi connectivity index (χ0v) is 49.3. The van der Waals surface area contributed by atoms with Crippen molar-refractivity contribution >= 4 is 73.6 Å². The third-order valence-electron chi connectivity index (χ3n) is 16.5. The number of piperazine rings is 1. The third kappa shape index (κ3) is 12.8. The number of hydrogen-bond acceptors (Lipinski definition) is 15. The van der Waals surface area contributed by atoms with Gasteiger partial charge in [-0.1, -0.05) is 57.2 Å². The normalized spacial score (nSPS) is 20.0. The summed E-state index contributed by atoms with van der Waals surface area (Å²) in [6.45, 7) is 13.8. The molecule has 23 heteroatoms. The van der Waals surface area contributed by atoms with Gasteiger partial charge >= 0.3 is 0 Å². The van der Waals surface area contributed by atoms with Crippen LogP contribution in [0, 0.1) is 29.9 Å². The van der Waals surface area contributed by atoms with Gasteiger partial charge in [0, 0.05) is 117 Å². The number of fused-ring (bicyclic) bond motifs is 1. The highest BCUT2D eigenvalue weighted by molar-refractivity contribution is 7.73. The summed E-state index contributed by atoms with van der Waals surface area (Å²) in [5, 5.41) is 16.2. The summed E-state index contributed by atoms with van der Waals surface area (Å²) in [6.07, 6.45) is 5.99. The number of amides is 2. The van der Waals surface area contributed by atoms with Crippen molar-refractivity contribution in [3.05, 3.63) is 135 Å². The van der Waals surface area contributed by atoms with E-state index in [1.807, 2.05) is 63.7 Å². The average Bonchev–Trinajstić information content (AvgIpc) is 4.27. The van der Waals surface area contributed by atoms with Crippen molar-refractivity contribution in [1.82, 2.24) is 45.0 Å². The standard InChI is InChI=1S/C60H68F3N11O6S3/c1-36-55(81-35-67-36)40-7-5-37(6-8-40)25-45-29-66-58(82-45)50-27-44(75)33-73(50)59(78)56(60(2,3)4)68-51(76)34-70-23-21-69(22-24-70)31-38-15-18-71(19-16-38)43-11-9-39(10-12-43)41-26-46-47(30-65-57(46)64-28-41)54(77)52-48(62)13-14-49(53(52)63)74(83(79)80)72-20-17-42(61)32-72/h5-14,26,28-30,35,38,42,44,50,56,75,83H,15-25,27,31-34H2,1-4H3,(H,64,65)(H,68,76)/t42-,44-,50+,56-/m1/s1. The van der Waals surface area contributed by atoms with Crippen molar-refractivity contribution < 1.29 is 41.1 Å². The molecule has 0 bridgehead atoms. The van der Waals surface area contributed by atoms with E-state index in [2.05, 4.69) is 59.2 Å². The van der Waals surface area contributed by atoms with Crippen LogP contribution in [0.25, 0.3) is 32.6 Å². The van der Waals surface area contributed by atoms with Crippen LogP contribution in [0.4, 0.5) is 24.5 Å². The fraction of sp³-hybridized carbons (Fsp3) is 0.433. The summed E-state index contributed by atoms with van der Waals surface area (Å²) in [5.74, 6) is -3.44. The maximum Gasteiger partial charge on any atom is 0.246 e.